The van der Waals surface area contributed by atoms with E-state index in [1.165, 1.54) is 17.2 Å². The number of alkyl halides is 2. The number of carbonyl (C=O) groups excluding carboxylic acids is 4. The van der Waals surface area contributed by atoms with Crippen molar-refractivity contribution in [1.29, 1.82) is 0 Å². The molecule has 1 saturated carbocycles. The lowest BCUT2D eigenvalue weighted by Crippen LogP contribution is -2.66. The van der Waals surface area contributed by atoms with E-state index in [-0.39, 0.29) is 11.4 Å². The highest BCUT2D eigenvalue weighted by Crippen LogP contribution is 2.39. The van der Waals surface area contributed by atoms with Crippen molar-refractivity contribution in [3.63, 3.8) is 0 Å². The van der Waals surface area contributed by atoms with E-state index in [1.807, 2.05) is 0 Å². The Hall–Kier alpha value is -2.76. The summed E-state index contributed by atoms with van der Waals surface area (Å²) in [5, 5.41) is 0.879. The number of thioether (sulfide) groups is 1. The number of nitrogens with zero attached hydrogens (tertiary/aromatic N) is 2. The fourth-order valence-corrected chi connectivity index (χ4v) is 3.98. The van der Waals surface area contributed by atoms with E-state index in [1.54, 1.807) is 0 Å². The number of pyridine rings is 1. The molecule has 30 heavy (non-hydrogen) atoms. The minimum absolute atomic E-state index is 0.182. The summed E-state index contributed by atoms with van der Waals surface area (Å²) < 4.78 is 32.3. The van der Waals surface area contributed by atoms with Crippen molar-refractivity contribution in [2.45, 2.75) is 30.7 Å². The summed E-state index contributed by atoms with van der Waals surface area (Å²) >= 11 is 0.385. The van der Waals surface area contributed by atoms with Crippen LogP contribution in [-0.4, -0.2) is 58.2 Å². The molecular weight excluding hydrogens is 422 g/mol. The number of nitrogens with one attached hydrogen (secondary N) is 1. The van der Waals surface area contributed by atoms with E-state index < -0.39 is 53.0 Å². The van der Waals surface area contributed by atoms with Gasteiger partial charge in [0, 0.05) is 6.07 Å². The van der Waals surface area contributed by atoms with Gasteiger partial charge in [-0.15, -0.1) is 0 Å². The fourth-order valence-electron chi connectivity index (χ4n) is 3.19. The second-order valence-corrected chi connectivity index (χ2v) is 8.63. The van der Waals surface area contributed by atoms with Crippen LogP contribution in [0.5, 0.6) is 5.75 Å². The Balaban J connectivity index is 1.56. The molecule has 9 nitrogen and oxygen atoms in total. The molecule has 160 valence electrons. The summed E-state index contributed by atoms with van der Waals surface area (Å²) in [6.45, 7) is -0.592. The quantitative estimate of drug-likeness (QED) is 0.558. The van der Waals surface area contributed by atoms with Crippen molar-refractivity contribution < 1.29 is 32.7 Å². The van der Waals surface area contributed by atoms with Gasteiger partial charge in [0.2, 0.25) is 16.1 Å². The third kappa shape index (κ3) is 3.83. The van der Waals surface area contributed by atoms with Crippen molar-refractivity contribution in [2.75, 3.05) is 24.6 Å². The maximum Gasteiger partial charge on any atom is 0.282 e. The van der Waals surface area contributed by atoms with Crippen LogP contribution in [-0.2, 0) is 14.4 Å². The van der Waals surface area contributed by atoms with Crippen LogP contribution in [0.15, 0.2) is 12.3 Å². The summed E-state index contributed by atoms with van der Waals surface area (Å²) in [4.78, 5) is 53.3. The highest BCUT2D eigenvalue weighted by Gasteiger charge is 2.58. The van der Waals surface area contributed by atoms with Gasteiger partial charge in [0.15, 0.2) is 5.54 Å². The zero-order valence-corrected chi connectivity index (χ0v) is 16.5. The van der Waals surface area contributed by atoms with Crippen LogP contribution in [0.25, 0.3) is 0 Å². The van der Waals surface area contributed by atoms with Crippen LogP contribution in [0.4, 0.5) is 14.5 Å². The fraction of sp³-hybridized carbons (Fsp3) is 0.500. The molecule has 12 heteroatoms. The lowest BCUT2D eigenvalue weighted by Gasteiger charge is -2.40. The Morgan fingerprint density at radius 3 is 2.50 bits per heavy atom. The minimum atomic E-state index is -2.80. The number of carbonyl (C=O) groups is 4. The first kappa shape index (κ1) is 20.5. The molecule has 1 aromatic rings. The summed E-state index contributed by atoms with van der Waals surface area (Å²) in [5.74, 6) is -4.01. The Bertz CT molecular complexity index is 931. The average Bonchev–Trinajstić information content (AvgIpc) is 3.48. The van der Waals surface area contributed by atoms with Crippen molar-refractivity contribution in [3.8, 4) is 5.75 Å². The molecule has 3 N–H and O–H groups in total. The monoisotopic (exact) mass is 440 g/mol. The first-order chi connectivity index (χ1) is 14.1. The highest BCUT2D eigenvalue weighted by molar-refractivity contribution is 8.30. The Morgan fingerprint density at radius 1 is 1.30 bits per heavy atom. The lowest BCUT2D eigenvalue weighted by atomic mass is 9.96. The molecular formula is C18H18F2N4O5S. The van der Waals surface area contributed by atoms with Gasteiger partial charge in [-0.2, -0.15) is 0 Å². The maximum atomic E-state index is 13.3. The van der Waals surface area contributed by atoms with Gasteiger partial charge in [-0.25, -0.2) is 13.8 Å². The first-order valence-corrected chi connectivity index (χ1v) is 10.0. The normalized spacial score (nSPS) is 21.5. The minimum Gasteiger partial charge on any atom is -0.491 e. The van der Waals surface area contributed by atoms with Crippen LogP contribution in [0.2, 0.25) is 0 Å². The lowest BCUT2D eigenvalue weighted by molar-refractivity contribution is -0.134. The Kier molecular flexibility index (Phi) is 4.91. The number of hydrogen-bond acceptors (Lipinski definition) is 8. The molecule has 2 amide bonds. The van der Waals surface area contributed by atoms with E-state index in [0.717, 1.165) is 12.8 Å². The van der Waals surface area contributed by atoms with E-state index in [0.29, 0.717) is 30.0 Å². The van der Waals surface area contributed by atoms with Gasteiger partial charge in [-0.05, 0) is 30.5 Å². The van der Waals surface area contributed by atoms with Gasteiger partial charge >= 0.3 is 0 Å². The zero-order valence-electron chi connectivity index (χ0n) is 15.7. The van der Waals surface area contributed by atoms with E-state index >= 15 is 0 Å². The predicted octanol–water partition coefficient (Wildman–Crippen LogP) is 0.470. The average molecular weight is 440 g/mol. The van der Waals surface area contributed by atoms with Gasteiger partial charge in [-0.3, -0.25) is 19.2 Å². The molecule has 1 aromatic heterocycles. The predicted molar refractivity (Wildman–Crippen MR) is 101 cm³/mol. The van der Waals surface area contributed by atoms with Gasteiger partial charge in [-0.1, -0.05) is 0 Å². The standard InChI is InChI=1S/C18H18F2N4O5S/c19-17(20)7-24(8-17)11-5-22-10(3-12(11)29-6-9-1-2-9)14(26)23-18(4-13(21)25)15(27)30-16(18)28/h3,5,9H,1-2,4,6-8H2,(H2,21,25)(H,23,26). The molecule has 0 spiro atoms. The van der Waals surface area contributed by atoms with Crippen LogP contribution >= 0.6 is 11.8 Å². The van der Waals surface area contributed by atoms with Crippen molar-refractivity contribution in [1.82, 2.24) is 10.3 Å². The summed E-state index contributed by atoms with van der Waals surface area (Å²) in [6.07, 6.45) is 2.60. The topological polar surface area (TPSA) is 132 Å². The third-order valence-electron chi connectivity index (χ3n) is 5.08. The maximum absolute atomic E-state index is 13.3. The molecule has 4 rings (SSSR count). The smallest absolute Gasteiger partial charge is 0.282 e. The molecule has 2 saturated heterocycles. The molecule has 0 atom stereocenters. The largest absolute Gasteiger partial charge is 0.491 e. The molecule has 3 fully saturated rings. The number of amides is 2. The van der Waals surface area contributed by atoms with Gasteiger partial charge < -0.3 is 20.7 Å². The zero-order chi connectivity index (χ0) is 21.7. The van der Waals surface area contributed by atoms with Crippen LogP contribution in [0.3, 0.4) is 0 Å². The van der Waals surface area contributed by atoms with E-state index in [4.69, 9.17) is 10.5 Å². The number of halogens is 2. The molecule has 0 radical (unpaired) electrons. The molecule has 1 aliphatic carbocycles. The van der Waals surface area contributed by atoms with Gasteiger partial charge in [0.1, 0.15) is 11.4 Å². The number of primary amides is 1. The third-order valence-corrected chi connectivity index (χ3v) is 6.15. The molecule has 0 aromatic carbocycles. The van der Waals surface area contributed by atoms with Crippen LogP contribution < -0.4 is 20.7 Å². The second kappa shape index (κ2) is 7.18. The number of nitrogens with two attached hydrogens (primary N) is 1. The van der Waals surface area contributed by atoms with Gasteiger partial charge in [0.05, 0.1) is 38.0 Å². The Labute approximate surface area is 173 Å². The number of hydrogen-bond donors (Lipinski definition) is 2. The summed E-state index contributed by atoms with van der Waals surface area (Å²) in [5.41, 5.74) is 3.25. The SMILES string of the molecule is NC(=O)CC1(NC(=O)c2cc(OCC3CC3)c(N3CC(F)(F)C3)cn2)C(=O)SC1=O. The van der Waals surface area contributed by atoms with Crippen LogP contribution in [0, 0.1) is 5.92 Å². The molecule has 3 aliphatic rings. The van der Waals surface area contributed by atoms with Gasteiger partial charge in [0.25, 0.3) is 11.8 Å². The van der Waals surface area contributed by atoms with E-state index in [9.17, 15) is 28.0 Å². The number of anilines is 1. The van der Waals surface area contributed by atoms with E-state index in [2.05, 4.69) is 10.3 Å². The van der Waals surface area contributed by atoms with Crippen molar-refractivity contribution in [3.05, 3.63) is 18.0 Å². The van der Waals surface area contributed by atoms with Crippen molar-refractivity contribution in [2.24, 2.45) is 11.7 Å². The summed E-state index contributed by atoms with van der Waals surface area (Å²) in [6, 6.07) is 1.28. The summed E-state index contributed by atoms with van der Waals surface area (Å²) in [7, 11) is 0. The number of rotatable bonds is 8. The van der Waals surface area contributed by atoms with Crippen molar-refractivity contribution >= 4 is 39.5 Å². The number of ether oxygens (including phenoxy) is 1. The Morgan fingerprint density at radius 2 is 1.97 bits per heavy atom. The first-order valence-electron chi connectivity index (χ1n) is 9.23. The molecule has 3 heterocycles. The molecule has 2 aliphatic heterocycles. The van der Waals surface area contributed by atoms with Crippen LogP contribution in [0.1, 0.15) is 29.8 Å². The molecule has 0 bridgehead atoms. The number of aromatic nitrogens is 1. The highest BCUT2D eigenvalue weighted by atomic mass is 32.2. The second-order valence-electron chi connectivity index (χ2n) is 7.68. The molecule has 0 unspecified atom stereocenters.